The smallest absolute Gasteiger partial charge is 0.222 e. The second-order valence-electron chi connectivity index (χ2n) is 8.44. The second kappa shape index (κ2) is 8.94. The zero-order valence-corrected chi connectivity index (χ0v) is 18.4. The summed E-state index contributed by atoms with van der Waals surface area (Å²) in [7, 11) is 2.15. The lowest BCUT2D eigenvalue weighted by atomic mass is 9.90. The summed E-state index contributed by atoms with van der Waals surface area (Å²) in [5.41, 5.74) is 11.4. The van der Waals surface area contributed by atoms with Crippen LogP contribution in [0.4, 0.5) is 11.5 Å². The maximum Gasteiger partial charge on any atom is 0.222 e. The fourth-order valence-electron chi connectivity index (χ4n) is 4.50. The molecule has 0 spiro atoms. The molecule has 1 saturated heterocycles. The predicted octanol–water partition coefficient (Wildman–Crippen LogP) is 2.64. The average molecular weight is 419 g/mol. The number of hydrogen-bond donors (Lipinski definition) is 1. The van der Waals surface area contributed by atoms with Gasteiger partial charge in [0, 0.05) is 68.9 Å². The third-order valence-corrected chi connectivity index (χ3v) is 6.33. The van der Waals surface area contributed by atoms with Crippen LogP contribution in [0.15, 0.2) is 24.3 Å². The van der Waals surface area contributed by atoms with Gasteiger partial charge in [-0.3, -0.25) is 4.79 Å². The number of rotatable bonds is 4. The van der Waals surface area contributed by atoms with Gasteiger partial charge in [0.25, 0.3) is 0 Å². The Balaban J connectivity index is 1.70. The minimum absolute atomic E-state index is 0.153. The van der Waals surface area contributed by atoms with Crippen LogP contribution in [0.1, 0.15) is 36.6 Å². The Bertz CT molecular complexity index is 1000. The highest BCUT2D eigenvalue weighted by Gasteiger charge is 2.27. The molecule has 1 aromatic heterocycles. The normalized spacial score (nSPS) is 16.7. The van der Waals surface area contributed by atoms with Crippen LogP contribution in [0.3, 0.4) is 0 Å². The van der Waals surface area contributed by atoms with E-state index in [2.05, 4.69) is 52.2 Å². The molecular weight excluding hydrogens is 388 g/mol. The lowest BCUT2D eigenvalue weighted by molar-refractivity contribution is -0.132. The molecule has 2 aliphatic heterocycles. The molecule has 2 aliphatic rings. The van der Waals surface area contributed by atoms with E-state index >= 15 is 0 Å². The van der Waals surface area contributed by atoms with Crippen molar-refractivity contribution >= 4 is 17.4 Å². The number of anilines is 2. The van der Waals surface area contributed by atoms with Crippen molar-refractivity contribution in [2.24, 2.45) is 0 Å². The number of amides is 1. The van der Waals surface area contributed by atoms with Crippen LogP contribution in [0, 0.1) is 11.3 Å². The monoisotopic (exact) mass is 418 g/mol. The Labute approximate surface area is 184 Å². The molecule has 0 atom stereocenters. The van der Waals surface area contributed by atoms with Crippen LogP contribution in [0.25, 0.3) is 11.1 Å². The maximum atomic E-state index is 12.5. The number of nitriles is 1. The third-order valence-electron chi connectivity index (χ3n) is 6.33. The number of nitrogen functional groups attached to an aromatic ring is 1. The van der Waals surface area contributed by atoms with E-state index in [0.717, 1.165) is 55.0 Å². The lowest BCUT2D eigenvalue weighted by Crippen LogP contribution is -2.44. The lowest BCUT2D eigenvalue weighted by Gasteiger charge is -2.34. The summed E-state index contributed by atoms with van der Waals surface area (Å²) in [4.78, 5) is 23.6. The number of pyridine rings is 1. The molecule has 0 saturated carbocycles. The van der Waals surface area contributed by atoms with Gasteiger partial charge >= 0.3 is 0 Å². The van der Waals surface area contributed by atoms with Gasteiger partial charge < -0.3 is 20.4 Å². The number of hydrogen-bond acceptors (Lipinski definition) is 6. The molecule has 1 aromatic carbocycles. The molecule has 162 valence electrons. The van der Waals surface area contributed by atoms with Gasteiger partial charge in [0.1, 0.15) is 17.5 Å². The van der Waals surface area contributed by atoms with Gasteiger partial charge in [-0.1, -0.05) is 19.1 Å². The number of piperazine rings is 1. The van der Waals surface area contributed by atoms with Crippen molar-refractivity contribution in [1.82, 2.24) is 14.8 Å². The molecule has 4 rings (SSSR count). The van der Waals surface area contributed by atoms with Gasteiger partial charge in [0.2, 0.25) is 5.91 Å². The van der Waals surface area contributed by atoms with E-state index in [1.165, 1.54) is 5.69 Å². The Kier molecular flexibility index (Phi) is 6.10. The van der Waals surface area contributed by atoms with Gasteiger partial charge in [-0.15, -0.1) is 0 Å². The van der Waals surface area contributed by atoms with Crippen LogP contribution >= 0.6 is 0 Å². The quantitative estimate of drug-likeness (QED) is 0.821. The molecule has 0 unspecified atom stereocenters. The van der Waals surface area contributed by atoms with E-state index in [1.54, 1.807) is 0 Å². The van der Waals surface area contributed by atoms with Crippen LogP contribution in [-0.2, 0) is 17.8 Å². The minimum atomic E-state index is 0.153. The van der Waals surface area contributed by atoms with Crippen LogP contribution < -0.4 is 10.6 Å². The van der Waals surface area contributed by atoms with Crippen molar-refractivity contribution in [2.75, 3.05) is 50.4 Å². The van der Waals surface area contributed by atoms with Crippen molar-refractivity contribution in [1.29, 1.82) is 5.26 Å². The summed E-state index contributed by atoms with van der Waals surface area (Å²) >= 11 is 0. The highest BCUT2D eigenvalue weighted by molar-refractivity contribution is 5.82. The number of fused-ring (bicyclic) bond motifs is 1. The van der Waals surface area contributed by atoms with E-state index in [9.17, 15) is 10.1 Å². The van der Waals surface area contributed by atoms with Crippen molar-refractivity contribution in [3.8, 4) is 17.2 Å². The molecule has 2 aromatic rings. The molecular formula is C24H30N6O. The van der Waals surface area contributed by atoms with Crippen molar-refractivity contribution in [3.05, 3.63) is 41.1 Å². The summed E-state index contributed by atoms with van der Waals surface area (Å²) < 4.78 is 0. The third kappa shape index (κ3) is 4.21. The predicted molar refractivity (Wildman–Crippen MR) is 123 cm³/mol. The van der Waals surface area contributed by atoms with Crippen molar-refractivity contribution < 1.29 is 4.79 Å². The highest BCUT2D eigenvalue weighted by atomic mass is 16.2. The number of aromatic nitrogens is 1. The van der Waals surface area contributed by atoms with Crippen LogP contribution in [0.5, 0.6) is 0 Å². The molecule has 3 heterocycles. The van der Waals surface area contributed by atoms with Crippen molar-refractivity contribution in [2.45, 2.75) is 32.7 Å². The highest BCUT2D eigenvalue weighted by Crippen LogP contribution is 2.36. The zero-order chi connectivity index (χ0) is 22.0. The fourth-order valence-corrected chi connectivity index (χ4v) is 4.50. The number of likely N-dealkylation sites (N-methyl/N-ethyl adjacent to an activating group) is 1. The molecule has 2 N–H and O–H groups in total. The molecule has 1 amide bonds. The fraction of sp³-hybridized carbons (Fsp3) is 0.458. The van der Waals surface area contributed by atoms with Gasteiger partial charge in [0.15, 0.2) is 0 Å². The first-order valence-corrected chi connectivity index (χ1v) is 11.0. The summed E-state index contributed by atoms with van der Waals surface area (Å²) in [5, 5.41) is 9.84. The number of nitrogens with zero attached hydrogens (tertiary/aromatic N) is 5. The zero-order valence-electron chi connectivity index (χ0n) is 18.4. The largest absolute Gasteiger partial charge is 0.383 e. The Morgan fingerprint density at radius 2 is 1.87 bits per heavy atom. The summed E-state index contributed by atoms with van der Waals surface area (Å²) in [6, 6.07) is 10.6. The standard InChI is InChI=1S/C24H30N6O/c1-3-4-22(31)30-10-9-21-20(16-30)23(19(15-25)24(26)27-21)17-5-7-18(8-6-17)29-13-11-28(2)12-14-29/h5-8H,3-4,9-14,16H2,1-2H3,(H2,26,27). The van der Waals surface area contributed by atoms with E-state index in [1.807, 2.05) is 11.8 Å². The number of benzene rings is 1. The van der Waals surface area contributed by atoms with Crippen LogP contribution in [0.2, 0.25) is 0 Å². The number of nitrogens with two attached hydrogens (primary N) is 1. The van der Waals surface area contributed by atoms with Crippen molar-refractivity contribution in [3.63, 3.8) is 0 Å². The molecule has 1 fully saturated rings. The van der Waals surface area contributed by atoms with Crippen LogP contribution in [-0.4, -0.2) is 60.5 Å². The molecule has 7 heteroatoms. The Morgan fingerprint density at radius 3 is 2.52 bits per heavy atom. The SMILES string of the molecule is CCCC(=O)N1CCc2nc(N)c(C#N)c(-c3ccc(N4CCN(C)CC4)cc3)c2C1. The van der Waals surface area contributed by atoms with E-state index < -0.39 is 0 Å². The summed E-state index contributed by atoms with van der Waals surface area (Å²) in [6.45, 7) is 7.25. The van der Waals surface area contributed by atoms with E-state index in [-0.39, 0.29) is 11.7 Å². The minimum Gasteiger partial charge on any atom is -0.383 e. The molecule has 0 bridgehead atoms. The Morgan fingerprint density at radius 1 is 1.16 bits per heavy atom. The number of carbonyl (C=O) groups is 1. The number of carbonyl (C=O) groups excluding carboxylic acids is 1. The average Bonchev–Trinajstić information content (AvgIpc) is 2.78. The van der Waals surface area contributed by atoms with E-state index in [4.69, 9.17) is 5.73 Å². The summed E-state index contributed by atoms with van der Waals surface area (Å²) in [6.07, 6.45) is 2.03. The van der Waals surface area contributed by atoms with E-state index in [0.29, 0.717) is 31.5 Å². The van der Waals surface area contributed by atoms with Gasteiger partial charge in [0.05, 0.1) is 5.69 Å². The van der Waals surface area contributed by atoms with Gasteiger partial charge in [-0.05, 0) is 31.2 Å². The second-order valence-corrected chi connectivity index (χ2v) is 8.44. The van der Waals surface area contributed by atoms with Gasteiger partial charge in [-0.2, -0.15) is 5.26 Å². The maximum absolute atomic E-state index is 12.5. The molecule has 7 nitrogen and oxygen atoms in total. The first kappa shape index (κ1) is 21.1. The molecule has 0 aliphatic carbocycles. The first-order chi connectivity index (χ1) is 15.0. The first-order valence-electron chi connectivity index (χ1n) is 11.0. The topological polar surface area (TPSA) is 89.5 Å². The van der Waals surface area contributed by atoms with Gasteiger partial charge in [-0.25, -0.2) is 4.98 Å². The molecule has 31 heavy (non-hydrogen) atoms. The Hall–Kier alpha value is -3.11. The molecule has 0 radical (unpaired) electrons. The summed E-state index contributed by atoms with van der Waals surface area (Å²) in [5.74, 6) is 0.424.